The van der Waals surface area contributed by atoms with Gasteiger partial charge in [-0.3, -0.25) is 9.69 Å². The topological polar surface area (TPSA) is 46.8 Å². The fraction of sp³-hybridized carbons (Fsp3) is 0.333. The molecule has 4 rings (SSSR count). The quantitative estimate of drug-likeness (QED) is 0.670. The second-order valence-corrected chi connectivity index (χ2v) is 6.93. The maximum absolute atomic E-state index is 12.4. The highest BCUT2D eigenvalue weighted by atomic mass is 32.1. The third-order valence-electron chi connectivity index (χ3n) is 4.43. The van der Waals surface area contributed by atoms with Crippen molar-refractivity contribution in [3.8, 4) is 0 Å². The average molecular weight is 341 g/mol. The molecule has 5 nitrogen and oxygen atoms in total. The zero-order valence-corrected chi connectivity index (χ0v) is 14.1. The highest BCUT2D eigenvalue weighted by molar-refractivity contribution is 7.12. The van der Waals surface area contributed by atoms with Crippen molar-refractivity contribution in [3.63, 3.8) is 0 Å². The highest BCUT2D eigenvalue weighted by Gasteiger charge is 2.26. The molecule has 0 saturated carbocycles. The summed E-state index contributed by atoms with van der Waals surface area (Å²) < 4.78 is 7.73. The highest BCUT2D eigenvalue weighted by Crippen LogP contribution is 2.19. The van der Waals surface area contributed by atoms with Gasteiger partial charge in [0.25, 0.3) is 0 Å². The van der Waals surface area contributed by atoms with Gasteiger partial charge < -0.3 is 9.14 Å². The summed E-state index contributed by atoms with van der Waals surface area (Å²) in [6.45, 7) is 2.92. The number of carbonyl (C=O) groups is 1. The number of hydrogen-bond acceptors (Lipinski definition) is 5. The van der Waals surface area contributed by atoms with Crippen LogP contribution in [0.5, 0.6) is 0 Å². The van der Waals surface area contributed by atoms with E-state index in [0.29, 0.717) is 19.6 Å². The fourth-order valence-electron chi connectivity index (χ4n) is 3.15. The molecule has 3 aromatic heterocycles. The van der Waals surface area contributed by atoms with Crippen molar-refractivity contribution in [2.24, 2.45) is 0 Å². The Morgan fingerprint density at radius 2 is 2.29 bits per heavy atom. The van der Waals surface area contributed by atoms with Crippen LogP contribution in [0.2, 0.25) is 0 Å². The molecule has 1 saturated heterocycles. The Bertz CT molecular complexity index is 828. The first-order valence-electron chi connectivity index (χ1n) is 8.11. The summed E-state index contributed by atoms with van der Waals surface area (Å²) in [5, 5.41) is 1.95. The van der Waals surface area contributed by atoms with E-state index in [4.69, 9.17) is 4.74 Å². The Labute approximate surface area is 144 Å². The Kier molecular flexibility index (Phi) is 4.42. The van der Waals surface area contributed by atoms with Crippen LogP contribution in [0.4, 0.5) is 0 Å². The van der Waals surface area contributed by atoms with E-state index in [9.17, 15) is 4.79 Å². The number of ether oxygens (including phenoxy) is 1. The minimum absolute atomic E-state index is 0.114. The molecule has 1 atom stereocenters. The van der Waals surface area contributed by atoms with Gasteiger partial charge in [0.1, 0.15) is 5.65 Å². The first-order chi connectivity index (χ1) is 11.8. The lowest BCUT2D eigenvalue weighted by Gasteiger charge is -2.35. The van der Waals surface area contributed by atoms with Crippen molar-refractivity contribution in [2.45, 2.75) is 19.0 Å². The van der Waals surface area contributed by atoms with E-state index in [1.54, 1.807) is 0 Å². The number of nitrogens with zero attached hydrogens (tertiary/aromatic N) is 3. The summed E-state index contributed by atoms with van der Waals surface area (Å²) in [7, 11) is 0. The van der Waals surface area contributed by atoms with Crippen LogP contribution in [-0.4, -0.2) is 45.9 Å². The summed E-state index contributed by atoms with van der Waals surface area (Å²) in [5.74, 6) is 0.198. The molecule has 4 heterocycles. The number of rotatable bonds is 5. The fourth-order valence-corrected chi connectivity index (χ4v) is 3.82. The van der Waals surface area contributed by atoms with Crippen LogP contribution in [0.3, 0.4) is 0 Å². The van der Waals surface area contributed by atoms with Crippen LogP contribution in [0.25, 0.3) is 5.65 Å². The molecule has 1 unspecified atom stereocenters. The third kappa shape index (κ3) is 3.13. The summed E-state index contributed by atoms with van der Waals surface area (Å²) in [6.07, 6.45) is 4.45. The zero-order chi connectivity index (χ0) is 16.4. The number of ketones is 1. The standard InChI is InChI=1S/C18H19N3O2S/c22-16(17-4-3-9-24-17)10-14-13-23-8-7-20(14)12-15-11-19-18-5-1-2-6-21(15)18/h1-6,9,11,14H,7-8,10,12-13H2. The lowest BCUT2D eigenvalue weighted by molar-refractivity contribution is -0.0131. The Morgan fingerprint density at radius 3 is 3.17 bits per heavy atom. The van der Waals surface area contributed by atoms with E-state index >= 15 is 0 Å². The van der Waals surface area contributed by atoms with Crippen LogP contribution >= 0.6 is 11.3 Å². The third-order valence-corrected chi connectivity index (χ3v) is 5.34. The van der Waals surface area contributed by atoms with Crippen molar-refractivity contribution in [1.82, 2.24) is 14.3 Å². The van der Waals surface area contributed by atoms with Crippen molar-refractivity contribution < 1.29 is 9.53 Å². The summed E-state index contributed by atoms with van der Waals surface area (Å²) in [6, 6.07) is 9.93. The lowest BCUT2D eigenvalue weighted by atomic mass is 10.1. The van der Waals surface area contributed by atoms with E-state index < -0.39 is 0 Å². The molecular formula is C18H19N3O2S. The molecule has 0 radical (unpaired) electrons. The van der Waals surface area contributed by atoms with E-state index in [2.05, 4.69) is 14.3 Å². The number of hydrogen-bond donors (Lipinski definition) is 0. The molecule has 1 aliphatic heterocycles. The molecule has 124 valence electrons. The number of morpholine rings is 1. The second-order valence-electron chi connectivity index (χ2n) is 5.98. The molecule has 0 bridgehead atoms. The molecule has 0 amide bonds. The predicted molar refractivity (Wildman–Crippen MR) is 93.5 cm³/mol. The zero-order valence-electron chi connectivity index (χ0n) is 13.3. The van der Waals surface area contributed by atoms with E-state index in [1.807, 2.05) is 48.1 Å². The molecule has 0 N–H and O–H groups in total. The molecule has 1 fully saturated rings. The summed E-state index contributed by atoms with van der Waals surface area (Å²) in [5.41, 5.74) is 2.09. The van der Waals surface area contributed by atoms with Gasteiger partial charge in [0.05, 0.1) is 30.0 Å². The number of carbonyl (C=O) groups excluding carboxylic acids is 1. The molecule has 0 spiro atoms. The Balaban J connectivity index is 1.50. The van der Waals surface area contributed by atoms with Crippen molar-refractivity contribution >= 4 is 22.8 Å². The number of thiophene rings is 1. The molecule has 0 aliphatic carbocycles. The maximum Gasteiger partial charge on any atom is 0.174 e. The first kappa shape index (κ1) is 15.5. The molecule has 3 aromatic rings. The van der Waals surface area contributed by atoms with Gasteiger partial charge in [-0.05, 0) is 23.6 Å². The normalized spacial score (nSPS) is 18.9. The van der Waals surface area contributed by atoms with Gasteiger partial charge in [0.15, 0.2) is 5.78 Å². The molecule has 24 heavy (non-hydrogen) atoms. The Hall–Kier alpha value is -2.02. The van der Waals surface area contributed by atoms with Crippen LogP contribution in [0.1, 0.15) is 21.8 Å². The predicted octanol–water partition coefficient (Wildman–Crippen LogP) is 2.87. The molecule has 1 aliphatic rings. The minimum atomic E-state index is 0.114. The van der Waals surface area contributed by atoms with E-state index in [1.165, 1.54) is 11.3 Å². The number of aromatic nitrogens is 2. The Morgan fingerprint density at radius 1 is 1.33 bits per heavy atom. The van der Waals surface area contributed by atoms with Gasteiger partial charge in [-0.2, -0.15) is 0 Å². The van der Waals surface area contributed by atoms with Gasteiger partial charge in [-0.25, -0.2) is 4.98 Å². The number of Topliss-reactive ketones (excluding diaryl/α,β-unsaturated/α-hetero) is 1. The van der Waals surface area contributed by atoms with Gasteiger partial charge in [0, 0.05) is 31.7 Å². The van der Waals surface area contributed by atoms with Gasteiger partial charge >= 0.3 is 0 Å². The largest absolute Gasteiger partial charge is 0.378 e. The van der Waals surface area contributed by atoms with Crippen LogP contribution < -0.4 is 0 Å². The summed E-state index contributed by atoms with van der Waals surface area (Å²) >= 11 is 1.51. The van der Waals surface area contributed by atoms with Crippen molar-refractivity contribution in [2.75, 3.05) is 19.8 Å². The van der Waals surface area contributed by atoms with Crippen molar-refractivity contribution in [1.29, 1.82) is 0 Å². The summed E-state index contributed by atoms with van der Waals surface area (Å²) in [4.78, 5) is 20.1. The van der Waals surface area contributed by atoms with Crippen LogP contribution in [0.15, 0.2) is 48.1 Å². The first-order valence-corrected chi connectivity index (χ1v) is 8.99. The van der Waals surface area contributed by atoms with Gasteiger partial charge in [-0.15, -0.1) is 11.3 Å². The van der Waals surface area contributed by atoms with E-state index in [0.717, 1.165) is 29.3 Å². The van der Waals surface area contributed by atoms with Gasteiger partial charge in [0.2, 0.25) is 0 Å². The number of fused-ring (bicyclic) bond motifs is 1. The molecule has 0 aromatic carbocycles. The van der Waals surface area contributed by atoms with E-state index in [-0.39, 0.29) is 11.8 Å². The van der Waals surface area contributed by atoms with Gasteiger partial charge in [-0.1, -0.05) is 12.1 Å². The number of pyridine rings is 1. The number of imidazole rings is 1. The SMILES string of the molecule is O=C(CC1COCCN1Cc1cnc2ccccn12)c1cccs1. The maximum atomic E-state index is 12.4. The average Bonchev–Trinajstić information content (AvgIpc) is 3.27. The molecule has 6 heteroatoms. The van der Waals surface area contributed by atoms with Crippen LogP contribution in [0, 0.1) is 0 Å². The monoisotopic (exact) mass is 341 g/mol. The second kappa shape index (κ2) is 6.84. The smallest absolute Gasteiger partial charge is 0.174 e. The molecular weight excluding hydrogens is 322 g/mol. The minimum Gasteiger partial charge on any atom is -0.378 e. The van der Waals surface area contributed by atoms with Crippen molar-refractivity contribution in [3.05, 3.63) is 58.7 Å². The lowest BCUT2D eigenvalue weighted by Crippen LogP contribution is -2.46. The van der Waals surface area contributed by atoms with Crippen LogP contribution in [-0.2, 0) is 11.3 Å².